The van der Waals surface area contributed by atoms with E-state index in [1.54, 1.807) is 29.2 Å². The molecular weight excluding hydrogens is 326 g/mol. The van der Waals surface area contributed by atoms with Crippen molar-refractivity contribution in [1.82, 2.24) is 4.90 Å². The molecule has 0 radical (unpaired) electrons. The highest BCUT2D eigenvalue weighted by molar-refractivity contribution is 7.86. The van der Waals surface area contributed by atoms with Crippen LogP contribution in [0.4, 0.5) is 0 Å². The van der Waals surface area contributed by atoms with E-state index in [1.807, 2.05) is 27.7 Å². The zero-order valence-electron chi connectivity index (χ0n) is 14.9. The first kappa shape index (κ1) is 18.9. The molecule has 0 N–H and O–H groups in total. The first-order valence-electron chi connectivity index (χ1n) is 8.34. The maximum absolute atomic E-state index is 12.4. The van der Waals surface area contributed by atoms with E-state index in [4.69, 9.17) is 4.18 Å². The van der Waals surface area contributed by atoms with Gasteiger partial charge in [0.2, 0.25) is 5.91 Å². The van der Waals surface area contributed by atoms with Crippen LogP contribution < -0.4 is 0 Å². The van der Waals surface area contributed by atoms with Crippen molar-refractivity contribution in [2.45, 2.75) is 57.9 Å². The first-order chi connectivity index (χ1) is 11.1. The average molecular weight is 353 g/mol. The molecule has 24 heavy (non-hydrogen) atoms. The molecule has 5 nitrogen and oxygen atoms in total. The van der Waals surface area contributed by atoms with Gasteiger partial charge in [0.1, 0.15) is 0 Å². The molecule has 6 heteroatoms. The summed E-state index contributed by atoms with van der Waals surface area (Å²) in [6.07, 6.45) is 2.11. The fourth-order valence-electron chi connectivity index (χ4n) is 2.83. The highest BCUT2D eigenvalue weighted by atomic mass is 32.2. The largest absolute Gasteiger partial charge is 0.337 e. The highest BCUT2D eigenvalue weighted by Crippen LogP contribution is 2.25. The predicted molar refractivity (Wildman–Crippen MR) is 93.1 cm³/mol. The highest BCUT2D eigenvalue weighted by Gasteiger charge is 2.32. The molecule has 1 atom stereocenters. The summed E-state index contributed by atoms with van der Waals surface area (Å²) in [4.78, 5) is 14.3. The molecule has 1 amide bonds. The maximum Gasteiger partial charge on any atom is 0.297 e. The summed E-state index contributed by atoms with van der Waals surface area (Å²) in [5.74, 6) is 0.0707. The van der Waals surface area contributed by atoms with Gasteiger partial charge in [-0.3, -0.25) is 8.98 Å². The molecule has 1 heterocycles. The number of rotatable bonds is 5. The van der Waals surface area contributed by atoms with Crippen LogP contribution in [0.15, 0.2) is 29.2 Å². The van der Waals surface area contributed by atoms with Gasteiger partial charge in [0.05, 0.1) is 17.5 Å². The third-order valence-electron chi connectivity index (χ3n) is 4.10. The molecular formula is C18H27NO4S. The van der Waals surface area contributed by atoms with Gasteiger partial charge in [0, 0.05) is 13.0 Å². The van der Waals surface area contributed by atoms with Crippen LogP contribution in [0.1, 0.15) is 45.6 Å². The van der Waals surface area contributed by atoms with Gasteiger partial charge in [-0.05, 0) is 37.3 Å². The van der Waals surface area contributed by atoms with E-state index < -0.39 is 10.1 Å². The lowest BCUT2D eigenvalue weighted by Crippen LogP contribution is -2.40. The third-order valence-corrected chi connectivity index (χ3v) is 5.40. The molecule has 0 aliphatic carbocycles. The zero-order chi connectivity index (χ0) is 18.0. The molecule has 1 fully saturated rings. The number of likely N-dealkylation sites (tertiary alicyclic amines) is 1. The van der Waals surface area contributed by atoms with Crippen molar-refractivity contribution in [2.75, 3.05) is 13.2 Å². The van der Waals surface area contributed by atoms with Crippen LogP contribution in [-0.2, 0) is 19.1 Å². The third kappa shape index (κ3) is 5.05. The van der Waals surface area contributed by atoms with E-state index >= 15 is 0 Å². The minimum Gasteiger partial charge on any atom is -0.337 e. The van der Waals surface area contributed by atoms with Gasteiger partial charge < -0.3 is 4.90 Å². The van der Waals surface area contributed by atoms with Crippen molar-refractivity contribution >= 4 is 16.0 Å². The van der Waals surface area contributed by atoms with E-state index in [2.05, 4.69) is 0 Å². The van der Waals surface area contributed by atoms with E-state index in [1.165, 1.54) is 0 Å². The normalized spacial score (nSPS) is 18.8. The second kappa shape index (κ2) is 7.23. The molecule has 1 aromatic rings. The second-order valence-corrected chi connectivity index (χ2v) is 9.29. The van der Waals surface area contributed by atoms with E-state index in [9.17, 15) is 13.2 Å². The van der Waals surface area contributed by atoms with Crippen LogP contribution in [0.3, 0.4) is 0 Å². The Labute approximate surface area is 145 Å². The van der Waals surface area contributed by atoms with Gasteiger partial charge in [-0.1, -0.05) is 38.5 Å². The summed E-state index contributed by atoms with van der Waals surface area (Å²) in [5.41, 5.74) is 0.905. The van der Waals surface area contributed by atoms with Crippen molar-refractivity contribution in [1.29, 1.82) is 0 Å². The lowest BCUT2D eigenvalue weighted by atomic mass is 9.91. The fraction of sp³-hybridized carbons (Fsp3) is 0.611. The summed E-state index contributed by atoms with van der Waals surface area (Å²) >= 11 is 0. The summed E-state index contributed by atoms with van der Waals surface area (Å²) in [6.45, 7) is 8.66. The van der Waals surface area contributed by atoms with Crippen LogP contribution in [0.5, 0.6) is 0 Å². The van der Waals surface area contributed by atoms with Gasteiger partial charge in [0.15, 0.2) is 0 Å². The monoisotopic (exact) mass is 353 g/mol. The van der Waals surface area contributed by atoms with Crippen LogP contribution in [0.25, 0.3) is 0 Å². The Morgan fingerprint density at radius 1 is 1.25 bits per heavy atom. The Bertz CT molecular complexity index is 674. The Hall–Kier alpha value is -1.40. The lowest BCUT2D eigenvalue weighted by molar-refractivity contribution is -0.134. The van der Waals surface area contributed by atoms with E-state index in [0.29, 0.717) is 13.0 Å². The van der Waals surface area contributed by atoms with Crippen LogP contribution >= 0.6 is 0 Å². The fourth-order valence-corrected chi connectivity index (χ4v) is 3.78. The zero-order valence-corrected chi connectivity index (χ0v) is 15.7. The second-order valence-electron chi connectivity index (χ2n) is 7.67. The lowest BCUT2D eigenvalue weighted by Gasteiger charge is -2.28. The molecule has 2 rings (SSSR count). The molecule has 134 valence electrons. The summed E-state index contributed by atoms with van der Waals surface area (Å²) in [6, 6.07) is 6.40. The number of aryl methyl sites for hydroxylation is 1. The number of carbonyl (C=O) groups excluding carboxylic acids is 1. The van der Waals surface area contributed by atoms with Gasteiger partial charge in [-0.15, -0.1) is 0 Å². The smallest absolute Gasteiger partial charge is 0.297 e. The summed E-state index contributed by atoms with van der Waals surface area (Å²) in [7, 11) is -3.79. The van der Waals surface area contributed by atoms with Gasteiger partial charge in [-0.2, -0.15) is 8.42 Å². The van der Waals surface area contributed by atoms with Crippen LogP contribution in [0.2, 0.25) is 0 Å². The molecule has 1 aliphatic heterocycles. The molecule has 1 saturated heterocycles. The number of amides is 1. The van der Waals surface area contributed by atoms with Crippen molar-refractivity contribution in [3.05, 3.63) is 29.8 Å². The number of hydrogen-bond donors (Lipinski definition) is 0. The quantitative estimate of drug-likeness (QED) is 0.763. The Kier molecular flexibility index (Phi) is 5.71. The van der Waals surface area contributed by atoms with Gasteiger partial charge >= 0.3 is 0 Å². The molecule has 0 spiro atoms. The van der Waals surface area contributed by atoms with Crippen molar-refractivity contribution in [3.8, 4) is 0 Å². The van der Waals surface area contributed by atoms with Crippen molar-refractivity contribution in [3.63, 3.8) is 0 Å². The number of benzene rings is 1. The number of carbonyl (C=O) groups is 1. The van der Waals surface area contributed by atoms with E-state index in [0.717, 1.165) is 18.4 Å². The number of hydrogen-bond acceptors (Lipinski definition) is 4. The SMILES string of the molecule is Cc1ccc(S(=O)(=O)OC[C@H]2CCCN2C(=O)CC(C)(C)C)cc1. The van der Waals surface area contributed by atoms with Crippen LogP contribution in [-0.4, -0.2) is 38.4 Å². The molecule has 0 unspecified atom stereocenters. The minimum atomic E-state index is -3.79. The van der Waals surface area contributed by atoms with Crippen molar-refractivity contribution < 1.29 is 17.4 Å². The van der Waals surface area contributed by atoms with Gasteiger partial charge in [-0.25, -0.2) is 0 Å². The molecule has 0 saturated carbocycles. The summed E-state index contributed by atoms with van der Waals surface area (Å²) < 4.78 is 29.8. The molecule has 0 aromatic heterocycles. The topological polar surface area (TPSA) is 63.7 Å². The molecule has 0 bridgehead atoms. The Morgan fingerprint density at radius 2 is 1.88 bits per heavy atom. The van der Waals surface area contributed by atoms with Gasteiger partial charge in [0.25, 0.3) is 10.1 Å². The number of nitrogens with zero attached hydrogens (tertiary/aromatic N) is 1. The summed E-state index contributed by atoms with van der Waals surface area (Å²) in [5, 5.41) is 0. The average Bonchev–Trinajstić information content (AvgIpc) is 2.92. The van der Waals surface area contributed by atoms with Crippen molar-refractivity contribution in [2.24, 2.45) is 5.41 Å². The standard InChI is InChI=1S/C18H27NO4S/c1-14-7-9-16(10-8-14)24(21,22)23-13-15-6-5-11-19(15)17(20)12-18(2,3)4/h7-10,15H,5-6,11-13H2,1-4H3/t15-/m1/s1. The van der Waals surface area contributed by atoms with Crippen LogP contribution in [0, 0.1) is 12.3 Å². The Morgan fingerprint density at radius 3 is 2.46 bits per heavy atom. The molecule has 1 aromatic carbocycles. The maximum atomic E-state index is 12.4. The minimum absolute atomic E-state index is 0.0199. The first-order valence-corrected chi connectivity index (χ1v) is 9.75. The van der Waals surface area contributed by atoms with E-state index in [-0.39, 0.29) is 28.9 Å². The predicted octanol–water partition coefficient (Wildman–Crippen LogP) is 3.13. The Balaban J connectivity index is 1.99. The molecule has 1 aliphatic rings.